The smallest absolute Gasteiger partial charge is 0.407 e. The van der Waals surface area contributed by atoms with Crippen molar-refractivity contribution in [3.05, 3.63) is 65.7 Å². The van der Waals surface area contributed by atoms with Gasteiger partial charge in [0.15, 0.2) is 0 Å². The van der Waals surface area contributed by atoms with Crippen LogP contribution in [-0.2, 0) is 16.8 Å². The van der Waals surface area contributed by atoms with Crippen LogP contribution in [0.25, 0.3) is 0 Å². The van der Waals surface area contributed by atoms with Gasteiger partial charge < -0.3 is 15.8 Å². The largest absolute Gasteiger partial charge is 0.445 e. The van der Waals surface area contributed by atoms with Crippen molar-refractivity contribution < 1.29 is 9.53 Å². The minimum absolute atomic E-state index is 0.221. The third-order valence-corrected chi connectivity index (χ3v) is 3.56. The lowest BCUT2D eigenvalue weighted by molar-refractivity contribution is 0.137. The van der Waals surface area contributed by atoms with Gasteiger partial charge in [-0.25, -0.2) is 4.79 Å². The standard InChI is InChI=1S/C18H22N2O2/c1-18(2,15-9-6-10-16(19)11-15)13-20-17(21)22-12-14-7-4-3-5-8-14/h3-11H,12-13,19H2,1-2H3,(H,20,21). The molecule has 0 aliphatic carbocycles. The number of alkyl carbamates (subject to hydrolysis) is 1. The predicted molar refractivity (Wildman–Crippen MR) is 88.5 cm³/mol. The van der Waals surface area contributed by atoms with Gasteiger partial charge in [-0.1, -0.05) is 56.3 Å². The van der Waals surface area contributed by atoms with E-state index in [1.807, 2.05) is 54.6 Å². The highest BCUT2D eigenvalue weighted by Gasteiger charge is 2.21. The van der Waals surface area contributed by atoms with E-state index in [0.29, 0.717) is 6.54 Å². The van der Waals surface area contributed by atoms with Crippen molar-refractivity contribution in [2.45, 2.75) is 25.9 Å². The summed E-state index contributed by atoms with van der Waals surface area (Å²) in [4.78, 5) is 11.8. The topological polar surface area (TPSA) is 64.3 Å². The Morgan fingerprint density at radius 1 is 1.14 bits per heavy atom. The van der Waals surface area contributed by atoms with Gasteiger partial charge in [0, 0.05) is 17.6 Å². The van der Waals surface area contributed by atoms with Crippen LogP contribution in [0.15, 0.2) is 54.6 Å². The number of nitrogens with one attached hydrogen (secondary N) is 1. The Bertz CT molecular complexity index is 624. The van der Waals surface area contributed by atoms with E-state index in [1.165, 1.54) is 0 Å². The molecule has 0 aromatic heterocycles. The first-order valence-corrected chi connectivity index (χ1v) is 7.28. The van der Waals surface area contributed by atoms with Crippen molar-refractivity contribution in [1.29, 1.82) is 0 Å². The fourth-order valence-electron chi connectivity index (χ4n) is 2.13. The maximum absolute atomic E-state index is 11.8. The minimum Gasteiger partial charge on any atom is -0.445 e. The monoisotopic (exact) mass is 298 g/mol. The van der Waals surface area contributed by atoms with E-state index in [2.05, 4.69) is 19.2 Å². The van der Waals surface area contributed by atoms with E-state index in [1.54, 1.807) is 0 Å². The van der Waals surface area contributed by atoms with E-state index >= 15 is 0 Å². The van der Waals surface area contributed by atoms with Crippen LogP contribution in [0.1, 0.15) is 25.0 Å². The Balaban J connectivity index is 1.85. The van der Waals surface area contributed by atoms with E-state index in [-0.39, 0.29) is 12.0 Å². The molecule has 0 spiro atoms. The maximum Gasteiger partial charge on any atom is 0.407 e. The molecule has 0 heterocycles. The summed E-state index contributed by atoms with van der Waals surface area (Å²) >= 11 is 0. The first-order chi connectivity index (χ1) is 10.5. The van der Waals surface area contributed by atoms with Crippen LogP contribution < -0.4 is 11.1 Å². The molecule has 0 aliphatic heterocycles. The van der Waals surface area contributed by atoms with E-state index in [4.69, 9.17) is 10.5 Å². The lowest BCUT2D eigenvalue weighted by Gasteiger charge is -2.25. The third-order valence-electron chi connectivity index (χ3n) is 3.56. The molecule has 2 aromatic rings. The van der Waals surface area contributed by atoms with Crippen LogP contribution in [0, 0.1) is 0 Å². The molecule has 0 aliphatic rings. The van der Waals surface area contributed by atoms with Crippen molar-refractivity contribution in [1.82, 2.24) is 5.32 Å². The maximum atomic E-state index is 11.8. The molecule has 2 rings (SSSR count). The number of nitrogens with two attached hydrogens (primary N) is 1. The van der Waals surface area contributed by atoms with Gasteiger partial charge in [-0.15, -0.1) is 0 Å². The number of carbonyl (C=O) groups excluding carboxylic acids is 1. The van der Waals surface area contributed by atoms with Crippen LogP contribution in [0.4, 0.5) is 10.5 Å². The molecular weight excluding hydrogens is 276 g/mol. The van der Waals surface area contributed by atoms with Crippen molar-refractivity contribution in [2.24, 2.45) is 0 Å². The van der Waals surface area contributed by atoms with E-state index in [9.17, 15) is 4.79 Å². The molecule has 0 radical (unpaired) electrons. The summed E-state index contributed by atoms with van der Waals surface area (Å²) in [6.07, 6.45) is -0.416. The summed E-state index contributed by atoms with van der Waals surface area (Å²) < 4.78 is 5.21. The van der Waals surface area contributed by atoms with Gasteiger partial charge in [-0.05, 0) is 23.3 Å². The average Bonchev–Trinajstić information content (AvgIpc) is 2.52. The van der Waals surface area contributed by atoms with Gasteiger partial charge in [0.05, 0.1) is 0 Å². The van der Waals surface area contributed by atoms with Gasteiger partial charge >= 0.3 is 6.09 Å². The number of nitrogen functional groups attached to an aromatic ring is 1. The zero-order valence-electron chi connectivity index (χ0n) is 13.0. The van der Waals surface area contributed by atoms with Crippen molar-refractivity contribution in [3.8, 4) is 0 Å². The summed E-state index contributed by atoms with van der Waals surface area (Å²) in [7, 11) is 0. The van der Waals surface area contributed by atoms with Crippen molar-refractivity contribution in [3.63, 3.8) is 0 Å². The Kier molecular flexibility index (Phi) is 5.04. The first-order valence-electron chi connectivity index (χ1n) is 7.28. The predicted octanol–water partition coefficient (Wildman–Crippen LogP) is 3.47. The van der Waals surface area contributed by atoms with Crippen LogP contribution in [0.3, 0.4) is 0 Å². The van der Waals surface area contributed by atoms with Crippen LogP contribution in [-0.4, -0.2) is 12.6 Å². The van der Waals surface area contributed by atoms with Gasteiger partial charge in [0.2, 0.25) is 0 Å². The second-order valence-corrected chi connectivity index (χ2v) is 5.92. The number of ether oxygens (including phenoxy) is 1. The minimum atomic E-state index is -0.416. The van der Waals surface area contributed by atoms with E-state index in [0.717, 1.165) is 16.8 Å². The zero-order chi connectivity index (χ0) is 16.0. The highest BCUT2D eigenvalue weighted by molar-refractivity contribution is 5.67. The molecule has 116 valence electrons. The first kappa shape index (κ1) is 15.9. The SMILES string of the molecule is CC(C)(CNC(=O)OCc1ccccc1)c1cccc(N)c1. The highest BCUT2D eigenvalue weighted by atomic mass is 16.5. The summed E-state index contributed by atoms with van der Waals surface area (Å²) in [6.45, 7) is 4.86. The number of amides is 1. The Hall–Kier alpha value is -2.49. The molecule has 1 amide bonds. The van der Waals surface area contributed by atoms with E-state index < -0.39 is 6.09 Å². The normalized spacial score (nSPS) is 11.0. The number of hydrogen-bond acceptors (Lipinski definition) is 3. The number of anilines is 1. The van der Waals surface area contributed by atoms with Gasteiger partial charge in [0.25, 0.3) is 0 Å². The lowest BCUT2D eigenvalue weighted by atomic mass is 9.84. The molecule has 0 saturated carbocycles. The Morgan fingerprint density at radius 3 is 2.55 bits per heavy atom. The second-order valence-electron chi connectivity index (χ2n) is 5.92. The summed E-state index contributed by atoms with van der Waals surface area (Å²) in [6, 6.07) is 17.3. The van der Waals surface area contributed by atoms with Crippen LogP contribution >= 0.6 is 0 Å². The molecule has 0 unspecified atom stereocenters. The Morgan fingerprint density at radius 2 is 1.86 bits per heavy atom. The van der Waals surface area contributed by atoms with Crippen molar-refractivity contribution in [2.75, 3.05) is 12.3 Å². The molecule has 0 fully saturated rings. The lowest BCUT2D eigenvalue weighted by Crippen LogP contribution is -2.37. The zero-order valence-corrected chi connectivity index (χ0v) is 13.0. The number of carbonyl (C=O) groups is 1. The summed E-state index contributed by atoms with van der Waals surface area (Å²) in [5.41, 5.74) is 8.35. The Labute approximate surface area is 131 Å². The molecule has 0 atom stereocenters. The van der Waals surface area contributed by atoms with Gasteiger partial charge in [0.1, 0.15) is 6.61 Å². The fourth-order valence-corrected chi connectivity index (χ4v) is 2.13. The van der Waals surface area contributed by atoms with Crippen molar-refractivity contribution >= 4 is 11.8 Å². The molecule has 3 N–H and O–H groups in total. The fraction of sp³-hybridized carbons (Fsp3) is 0.278. The third kappa shape index (κ3) is 4.52. The van der Waals surface area contributed by atoms with Gasteiger partial charge in [-0.2, -0.15) is 0 Å². The van der Waals surface area contributed by atoms with Crippen LogP contribution in [0.5, 0.6) is 0 Å². The molecule has 2 aromatic carbocycles. The van der Waals surface area contributed by atoms with Crippen LogP contribution in [0.2, 0.25) is 0 Å². The molecule has 0 saturated heterocycles. The van der Waals surface area contributed by atoms with Gasteiger partial charge in [-0.3, -0.25) is 0 Å². The highest BCUT2D eigenvalue weighted by Crippen LogP contribution is 2.23. The average molecular weight is 298 g/mol. The summed E-state index contributed by atoms with van der Waals surface area (Å²) in [5, 5.41) is 2.81. The number of hydrogen-bond donors (Lipinski definition) is 2. The molecule has 4 heteroatoms. The molecule has 0 bridgehead atoms. The molecular formula is C18H22N2O2. The second kappa shape index (κ2) is 6.98. The quantitative estimate of drug-likeness (QED) is 0.831. The summed E-state index contributed by atoms with van der Waals surface area (Å²) in [5.74, 6) is 0. The molecule has 4 nitrogen and oxygen atoms in total. The number of benzene rings is 2. The number of rotatable bonds is 5. The molecule has 22 heavy (non-hydrogen) atoms.